The largest absolute Gasteiger partial charge is 0.461 e. The van der Waals surface area contributed by atoms with E-state index >= 15 is 0 Å². The highest BCUT2D eigenvalue weighted by molar-refractivity contribution is 6.40. The summed E-state index contributed by atoms with van der Waals surface area (Å²) in [6, 6.07) is 16.9. The van der Waals surface area contributed by atoms with Gasteiger partial charge in [-0.15, -0.1) is 0 Å². The summed E-state index contributed by atoms with van der Waals surface area (Å²) in [6.07, 6.45) is 0. The molecular formula is C21H20N2O4. The standard InChI is InChI=1S/C21H20N2O4/c1-3-27-21(26)18-17(15-10-6-4-7-11-15)19(23(22-18)14(2)24)20(25)16-12-8-5-9-13-16/h4-13,17,19H,3H2,1-2H3. The molecule has 0 spiro atoms. The summed E-state index contributed by atoms with van der Waals surface area (Å²) in [5.74, 6) is -2.00. The van der Waals surface area contributed by atoms with Crippen molar-refractivity contribution in [2.24, 2.45) is 5.10 Å². The number of esters is 1. The van der Waals surface area contributed by atoms with E-state index in [1.165, 1.54) is 6.92 Å². The average Bonchev–Trinajstić information content (AvgIpc) is 3.10. The zero-order valence-corrected chi connectivity index (χ0v) is 15.2. The fourth-order valence-corrected chi connectivity index (χ4v) is 3.21. The first-order valence-electron chi connectivity index (χ1n) is 8.74. The van der Waals surface area contributed by atoms with Crippen LogP contribution in [-0.4, -0.2) is 41.0 Å². The number of rotatable bonds is 5. The number of nitrogens with zero attached hydrogens (tertiary/aromatic N) is 2. The van der Waals surface area contributed by atoms with E-state index < -0.39 is 23.8 Å². The van der Waals surface area contributed by atoms with Crippen molar-refractivity contribution in [1.82, 2.24) is 5.01 Å². The SMILES string of the molecule is CCOC(=O)C1=NN(C(C)=O)C(C(=O)c2ccccc2)C1c1ccccc1. The Hall–Kier alpha value is -3.28. The van der Waals surface area contributed by atoms with Crippen molar-refractivity contribution in [3.63, 3.8) is 0 Å². The number of hydrogen-bond acceptors (Lipinski definition) is 5. The number of amides is 1. The van der Waals surface area contributed by atoms with Crippen molar-refractivity contribution < 1.29 is 19.1 Å². The molecule has 6 nitrogen and oxygen atoms in total. The number of Topliss-reactive ketones (excluding diaryl/α,β-unsaturated/α-hetero) is 1. The van der Waals surface area contributed by atoms with E-state index in [9.17, 15) is 14.4 Å². The molecule has 0 fully saturated rings. The highest BCUT2D eigenvalue weighted by Crippen LogP contribution is 2.34. The van der Waals surface area contributed by atoms with Gasteiger partial charge in [-0.1, -0.05) is 60.7 Å². The lowest BCUT2D eigenvalue weighted by Gasteiger charge is -2.25. The summed E-state index contributed by atoms with van der Waals surface area (Å²) in [7, 11) is 0. The number of carbonyl (C=O) groups excluding carboxylic acids is 3. The molecule has 2 atom stereocenters. The number of hydrogen-bond donors (Lipinski definition) is 0. The first kappa shape index (κ1) is 18.5. The molecule has 138 valence electrons. The molecule has 0 radical (unpaired) electrons. The molecule has 0 saturated carbocycles. The normalized spacial score (nSPS) is 18.7. The van der Waals surface area contributed by atoms with Crippen molar-refractivity contribution in [1.29, 1.82) is 0 Å². The minimum Gasteiger partial charge on any atom is -0.461 e. The first-order valence-corrected chi connectivity index (χ1v) is 8.74. The lowest BCUT2D eigenvalue weighted by Crippen LogP contribution is -2.42. The molecule has 1 amide bonds. The average molecular weight is 364 g/mol. The van der Waals surface area contributed by atoms with Crippen LogP contribution in [-0.2, 0) is 14.3 Å². The Bertz CT molecular complexity index is 878. The third kappa shape index (κ3) is 3.65. The van der Waals surface area contributed by atoms with E-state index in [4.69, 9.17) is 4.74 Å². The maximum Gasteiger partial charge on any atom is 0.355 e. The topological polar surface area (TPSA) is 76.0 Å². The van der Waals surface area contributed by atoms with Gasteiger partial charge in [-0.05, 0) is 12.5 Å². The van der Waals surface area contributed by atoms with Gasteiger partial charge in [-0.3, -0.25) is 9.59 Å². The molecule has 2 aromatic rings. The van der Waals surface area contributed by atoms with Gasteiger partial charge in [0.05, 0.1) is 12.5 Å². The summed E-state index contributed by atoms with van der Waals surface area (Å²) < 4.78 is 5.12. The second kappa shape index (κ2) is 7.95. The fraction of sp³-hybridized carbons (Fsp3) is 0.238. The highest BCUT2D eigenvalue weighted by Gasteiger charge is 2.47. The predicted octanol–water partition coefficient (Wildman–Crippen LogP) is 2.80. The van der Waals surface area contributed by atoms with Gasteiger partial charge in [0.15, 0.2) is 11.5 Å². The molecule has 6 heteroatoms. The van der Waals surface area contributed by atoms with Gasteiger partial charge in [0, 0.05) is 12.5 Å². The zero-order chi connectivity index (χ0) is 19.4. The molecule has 0 aliphatic carbocycles. The molecule has 0 N–H and O–H groups in total. The van der Waals surface area contributed by atoms with Crippen molar-refractivity contribution in [2.45, 2.75) is 25.8 Å². The van der Waals surface area contributed by atoms with Crippen LogP contribution in [0.25, 0.3) is 0 Å². The predicted molar refractivity (Wildman–Crippen MR) is 100 cm³/mol. The summed E-state index contributed by atoms with van der Waals surface area (Å²) in [5.41, 5.74) is 1.24. The van der Waals surface area contributed by atoms with E-state index in [1.807, 2.05) is 36.4 Å². The molecular weight excluding hydrogens is 344 g/mol. The van der Waals surface area contributed by atoms with Crippen molar-refractivity contribution in [3.05, 3.63) is 71.8 Å². The summed E-state index contributed by atoms with van der Waals surface area (Å²) >= 11 is 0. The highest BCUT2D eigenvalue weighted by atomic mass is 16.5. The lowest BCUT2D eigenvalue weighted by molar-refractivity contribution is -0.135. The van der Waals surface area contributed by atoms with Crippen LogP contribution in [0.15, 0.2) is 65.8 Å². The van der Waals surface area contributed by atoms with Crippen LogP contribution in [0.2, 0.25) is 0 Å². The van der Waals surface area contributed by atoms with Crippen LogP contribution in [0, 0.1) is 0 Å². The zero-order valence-electron chi connectivity index (χ0n) is 15.2. The minimum atomic E-state index is -0.938. The maximum atomic E-state index is 13.3. The smallest absolute Gasteiger partial charge is 0.355 e. The Morgan fingerprint density at radius 3 is 2.15 bits per heavy atom. The van der Waals surface area contributed by atoms with E-state index in [0.29, 0.717) is 5.56 Å². The molecule has 1 heterocycles. The number of ether oxygens (including phenoxy) is 1. The molecule has 2 aromatic carbocycles. The van der Waals surface area contributed by atoms with Gasteiger partial charge in [-0.25, -0.2) is 9.80 Å². The molecule has 3 rings (SSSR count). The maximum absolute atomic E-state index is 13.3. The number of benzene rings is 2. The molecule has 1 aliphatic heterocycles. The summed E-state index contributed by atoms with van der Waals surface area (Å²) in [5, 5.41) is 5.29. The van der Waals surface area contributed by atoms with Crippen LogP contribution >= 0.6 is 0 Å². The van der Waals surface area contributed by atoms with E-state index in [0.717, 1.165) is 10.6 Å². The molecule has 1 aliphatic rings. The van der Waals surface area contributed by atoms with Crippen LogP contribution < -0.4 is 0 Å². The Kier molecular flexibility index (Phi) is 5.45. The van der Waals surface area contributed by atoms with Gasteiger partial charge in [-0.2, -0.15) is 5.10 Å². The van der Waals surface area contributed by atoms with Crippen molar-refractivity contribution in [2.75, 3.05) is 6.61 Å². The Balaban J connectivity index is 2.11. The third-order valence-electron chi connectivity index (χ3n) is 4.38. The van der Waals surface area contributed by atoms with E-state index in [2.05, 4.69) is 5.10 Å². The second-order valence-corrected chi connectivity index (χ2v) is 6.13. The van der Waals surface area contributed by atoms with Gasteiger partial charge >= 0.3 is 5.97 Å². The lowest BCUT2D eigenvalue weighted by atomic mass is 9.84. The monoisotopic (exact) mass is 364 g/mol. The molecule has 27 heavy (non-hydrogen) atoms. The van der Waals surface area contributed by atoms with Crippen LogP contribution in [0.5, 0.6) is 0 Å². The first-order chi connectivity index (χ1) is 13.0. The summed E-state index contributed by atoms with van der Waals surface area (Å²) in [4.78, 5) is 38.0. The van der Waals surface area contributed by atoms with Gasteiger partial charge in [0.1, 0.15) is 6.04 Å². The summed E-state index contributed by atoms with van der Waals surface area (Å²) in [6.45, 7) is 3.20. The number of ketones is 1. The van der Waals surface area contributed by atoms with E-state index in [1.54, 1.807) is 31.2 Å². The van der Waals surface area contributed by atoms with Crippen LogP contribution in [0.1, 0.15) is 35.7 Å². The third-order valence-corrected chi connectivity index (χ3v) is 4.38. The quantitative estimate of drug-likeness (QED) is 0.604. The molecule has 2 unspecified atom stereocenters. The Labute approximate surface area is 157 Å². The van der Waals surface area contributed by atoms with Gasteiger partial charge < -0.3 is 4.74 Å². The van der Waals surface area contributed by atoms with E-state index in [-0.39, 0.29) is 18.1 Å². The molecule has 0 saturated heterocycles. The van der Waals surface area contributed by atoms with Gasteiger partial charge in [0.2, 0.25) is 5.91 Å². The fourth-order valence-electron chi connectivity index (χ4n) is 3.21. The Morgan fingerprint density at radius 1 is 1.00 bits per heavy atom. The van der Waals surface area contributed by atoms with Crippen LogP contribution in [0.3, 0.4) is 0 Å². The second-order valence-electron chi connectivity index (χ2n) is 6.13. The minimum absolute atomic E-state index is 0.0625. The molecule has 0 bridgehead atoms. The van der Waals surface area contributed by atoms with Gasteiger partial charge in [0.25, 0.3) is 0 Å². The molecule has 0 aromatic heterocycles. The Morgan fingerprint density at radius 2 is 1.59 bits per heavy atom. The van der Waals surface area contributed by atoms with Crippen molar-refractivity contribution >= 4 is 23.4 Å². The van der Waals surface area contributed by atoms with Crippen molar-refractivity contribution in [3.8, 4) is 0 Å². The number of carbonyl (C=O) groups is 3. The van der Waals surface area contributed by atoms with Crippen LogP contribution in [0.4, 0.5) is 0 Å². The number of hydrazone groups is 1.